The zero-order chi connectivity index (χ0) is 14.8. The van der Waals surface area contributed by atoms with Crippen molar-refractivity contribution in [2.45, 2.75) is 32.2 Å². The van der Waals surface area contributed by atoms with Crippen molar-refractivity contribution in [3.8, 4) is 5.75 Å². The van der Waals surface area contributed by atoms with Gasteiger partial charge in [-0.1, -0.05) is 19.9 Å². The molecular formula is C13H19ClF3NO2. The fraction of sp³-hybridized carbons (Fsp3) is 0.538. The first-order valence-electron chi connectivity index (χ1n) is 5.87. The van der Waals surface area contributed by atoms with Gasteiger partial charge in [0.1, 0.15) is 5.75 Å². The molecule has 0 bridgehead atoms. The third-order valence-electron chi connectivity index (χ3n) is 2.97. The van der Waals surface area contributed by atoms with Crippen LogP contribution in [0.1, 0.15) is 31.0 Å². The Balaban J connectivity index is 0.00000361. The van der Waals surface area contributed by atoms with Crippen LogP contribution < -0.4 is 10.5 Å². The normalized spacial score (nSPS) is 14.7. The van der Waals surface area contributed by atoms with Crippen LogP contribution in [0.4, 0.5) is 13.2 Å². The number of nitrogens with two attached hydrogens (primary N) is 1. The van der Waals surface area contributed by atoms with Crippen LogP contribution in [0.5, 0.6) is 5.75 Å². The van der Waals surface area contributed by atoms with Gasteiger partial charge in [-0.3, -0.25) is 0 Å². The number of hydrogen-bond donors (Lipinski definition) is 2. The standard InChI is InChI=1S/C13H18F3NO2.ClH/c1-7(2)12(18)11(17)9-5-4-8(13(14,15)16)6-10(9)19-3;/h4-7,11-12,18H,17H2,1-3H3;1H/t11-,12+;/m1./s1. The lowest BCUT2D eigenvalue weighted by Crippen LogP contribution is -2.30. The van der Waals surface area contributed by atoms with Crippen LogP contribution in [0.3, 0.4) is 0 Å². The highest BCUT2D eigenvalue weighted by atomic mass is 35.5. The summed E-state index contributed by atoms with van der Waals surface area (Å²) in [4.78, 5) is 0. The Hall–Kier alpha value is -0.980. The average molecular weight is 314 g/mol. The Morgan fingerprint density at radius 2 is 1.80 bits per heavy atom. The fourth-order valence-electron chi connectivity index (χ4n) is 1.76. The molecule has 0 amide bonds. The molecule has 116 valence electrons. The number of benzene rings is 1. The van der Waals surface area contributed by atoms with Crippen LogP contribution in [0.25, 0.3) is 0 Å². The maximum Gasteiger partial charge on any atom is 0.416 e. The van der Waals surface area contributed by atoms with E-state index in [1.807, 2.05) is 0 Å². The SMILES string of the molecule is COc1cc(C(F)(F)F)ccc1[C@@H](N)[C@@H](O)C(C)C.Cl. The molecular weight excluding hydrogens is 295 g/mol. The highest BCUT2D eigenvalue weighted by Gasteiger charge is 2.32. The second-order valence-electron chi connectivity index (χ2n) is 4.71. The Morgan fingerprint density at radius 1 is 1.25 bits per heavy atom. The summed E-state index contributed by atoms with van der Waals surface area (Å²) >= 11 is 0. The summed E-state index contributed by atoms with van der Waals surface area (Å²) in [6.07, 6.45) is -5.29. The molecule has 3 N–H and O–H groups in total. The van der Waals surface area contributed by atoms with E-state index in [2.05, 4.69) is 0 Å². The van der Waals surface area contributed by atoms with E-state index in [9.17, 15) is 18.3 Å². The van der Waals surface area contributed by atoms with E-state index in [1.165, 1.54) is 13.2 Å². The number of methoxy groups -OCH3 is 1. The second-order valence-corrected chi connectivity index (χ2v) is 4.71. The minimum absolute atomic E-state index is 0. The van der Waals surface area contributed by atoms with E-state index in [0.717, 1.165) is 12.1 Å². The number of alkyl halides is 3. The van der Waals surface area contributed by atoms with Crippen molar-refractivity contribution in [2.75, 3.05) is 7.11 Å². The summed E-state index contributed by atoms with van der Waals surface area (Å²) in [5.74, 6) is -0.0796. The smallest absolute Gasteiger partial charge is 0.416 e. The van der Waals surface area contributed by atoms with Crippen LogP contribution in [0.15, 0.2) is 18.2 Å². The van der Waals surface area contributed by atoms with Gasteiger partial charge in [-0.2, -0.15) is 13.2 Å². The topological polar surface area (TPSA) is 55.5 Å². The van der Waals surface area contributed by atoms with Gasteiger partial charge in [-0.05, 0) is 18.1 Å². The summed E-state index contributed by atoms with van der Waals surface area (Å²) in [6, 6.07) is 2.28. The molecule has 2 atom stereocenters. The first-order valence-corrected chi connectivity index (χ1v) is 5.87. The molecule has 3 nitrogen and oxygen atoms in total. The third kappa shape index (κ3) is 4.26. The van der Waals surface area contributed by atoms with Crippen LogP contribution in [-0.2, 0) is 6.18 Å². The Morgan fingerprint density at radius 3 is 2.20 bits per heavy atom. The first kappa shape index (κ1) is 19.0. The van der Waals surface area contributed by atoms with Gasteiger partial charge in [-0.25, -0.2) is 0 Å². The maximum atomic E-state index is 12.6. The van der Waals surface area contributed by atoms with Crippen LogP contribution >= 0.6 is 12.4 Å². The van der Waals surface area contributed by atoms with E-state index in [1.54, 1.807) is 13.8 Å². The van der Waals surface area contributed by atoms with Crippen LogP contribution in [0, 0.1) is 5.92 Å². The van der Waals surface area contributed by atoms with Crippen molar-refractivity contribution >= 4 is 12.4 Å². The third-order valence-corrected chi connectivity index (χ3v) is 2.97. The van der Waals surface area contributed by atoms with Crippen LogP contribution in [0.2, 0.25) is 0 Å². The molecule has 0 saturated carbocycles. The molecule has 0 heterocycles. The van der Waals surface area contributed by atoms with Gasteiger partial charge in [0.25, 0.3) is 0 Å². The summed E-state index contributed by atoms with van der Waals surface area (Å²) in [5, 5.41) is 9.89. The molecule has 0 radical (unpaired) electrons. The highest BCUT2D eigenvalue weighted by Crippen LogP contribution is 2.35. The molecule has 0 spiro atoms. The molecule has 1 aromatic rings. The predicted molar refractivity (Wildman–Crippen MR) is 73.0 cm³/mol. The Kier molecular flexibility index (Phi) is 6.80. The molecule has 0 fully saturated rings. The van der Waals surface area contributed by atoms with Gasteiger partial charge in [0.05, 0.1) is 24.8 Å². The van der Waals surface area contributed by atoms with Crippen molar-refractivity contribution in [1.82, 2.24) is 0 Å². The average Bonchev–Trinajstić information content (AvgIpc) is 2.34. The number of ether oxygens (including phenoxy) is 1. The summed E-state index contributed by atoms with van der Waals surface area (Å²) in [6.45, 7) is 3.56. The highest BCUT2D eigenvalue weighted by molar-refractivity contribution is 5.85. The maximum absolute atomic E-state index is 12.6. The summed E-state index contributed by atoms with van der Waals surface area (Å²) in [7, 11) is 1.27. The van der Waals surface area contributed by atoms with E-state index < -0.39 is 23.9 Å². The number of rotatable bonds is 4. The number of aliphatic hydroxyl groups excluding tert-OH is 1. The number of hydrogen-bond acceptors (Lipinski definition) is 3. The summed E-state index contributed by atoms with van der Waals surface area (Å²) < 4.78 is 42.7. The predicted octanol–water partition coefficient (Wildman–Crippen LogP) is 3.15. The van der Waals surface area contributed by atoms with Gasteiger partial charge in [0.15, 0.2) is 0 Å². The van der Waals surface area contributed by atoms with Crippen molar-refractivity contribution in [2.24, 2.45) is 11.7 Å². The van der Waals surface area contributed by atoms with E-state index in [0.29, 0.717) is 5.56 Å². The zero-order valence-electron chi connectivity index (χ0n) is 11.4. The lowest BCUT2D eigenvalue weighted by Gasteiger charge is -2.24. The second kappa shape index (κ2) is 7.15. The molecule has 1 aromatic carbocycles. The molecule has 0 unspecified atom stereocenters. The van der Waals surface area contributed by atoms with Gasteiger partial charge < -0.3 is 15.6 Å². The van der Waals surface area contributed by atoms with Gasteiger partial charge in [0, 0.05) is 5.56 Å². The molecule has 7 heteroatoms. The number of aliphatic hydroxyl groups is 1. The monoisotopic (exact) mass is 313 g/mol. The molecule has 0 aromatic heterocycles. The molecule has 0 aliphatic rings. The molecule has 0 saturated heterocycles. The fourth-order valence-corrected chi connectivity index (χ4v) is 1.76. The Labute approximate surface area is 122 Å². The Bertz CT molecular complexity index is 438. The zero-order valence-corrected chi connectivity index (χ0v) is 12.3. The van der Waals surface area contributed by atoms with Crippen LogP contribution in [-0.4, -0.2) is 18.3 Å². The largest absolute Gasteiger partial charge is 0.496 e. The van der Waals surface area contributed by atoms with E-state index >= 15 is 0 Å². The molecule has 1 rings (SSSR count). The van der Waals surface area contributed by atoms with Crippen molar-refractivity contribution in [3.63, 3.8) is 0 Å². The van der Waals surface area contributed by atoms with E-state index in [-0.39, 0.29) is 24.1 Å². The molecule has 0 aliphatic heterocycles. The lowest BCUT2D eigenvalue weighted by molar-refractivity contribution is -0.137. The minimum Gasteiger partial charge on any atom is -0.496 e. The van der Waals surface area contributed by atoms with E-state index in [4.69, 9.17) is 10.5 Å². The number of halogens is 4. The van der Waals surface area contributed by atoms with Gasteiger partial charge in [-0.15, -0.1) is 12.4 Å². The lowest BCUT2D eigenvalue weighted by atomic mass is 9.93. The van der Waals surface area contributed by atoms with Gasteiger partial charge >= 0.3 is 6.18 Å². The molecule has 0 aliphatic carbocycles. The quantitative estimate of drug-likeness (QED) is 0.898. The first-order chi connectivity index (χ1) is 8.68. The van der Waals surface area contributed by atoms with Gasteiger partial charge in [0.2, 0.25) is 0 Å². The van der Waals surface area contributed by atoms with Crippen molar-refractivity contribution in [1.29, 1.82) is 0 Å². The minimum atomic E-state index is -4.44. The van der Waals surface area contributed by atoms with Crippen molar-refractivity contribution in [3.05, 3.63) is 29.3 Å². The molecule has 20 heavy (non-hydrogen) atoms. The summed E-state index contributed by atoms with van der Waals surface area (Å²) in [5.41, 5.74) is 5.42. The van der Waals surface area contributed by atoms with Crippen molar-refractivity contribution < 1.29 is 23.0 Å².